The minimum Gasteiger partial charge on any atom is -0.481 e. The number of carbonyl (C=O) groups is 3. The quantitative estimate of drug-likeness (QED) is 0.780. The molecule has 1 aliphatic rings. The molecule has 0 spiro atoms. The molecule has 1 heterocycles. The van der Waals surface area contributed by atoms with Gasteiger partial charge in [-0.3, -0.25) is 14.4 Å². The molecular weight excluding hydrogens is 332 g/mol. The number of carboxylic acids is 1. The van der Waals surface area contributed by atoms with Crippen molar-refractivity contribution < 1.29 is 19.5 Å². The smallest absolute Gasteiger partial charge is 0.308 e. The third-order valence-electron chi connectivity index (χ3n) is 4.86. The van der Waals surface area contributed by atoms with E-state index >= 15 is 0 Å². The third-order valence-corrected chi connectivity index (χ3v) is 4.86. The molecule has 1 fully saturated rings. The van der Waals surface area contributed by atoms with Gasteiger partial charge in [-0.15, -0.1) is 0 Å². The van der Waals surface area contributed by atoms with Crippen LogP contribution in [0.15, 0.2) is 24.3 Å². The van der Waals surface area contributed by atoms with Crippen LogP contribution >= 0.6 is 0 Å². The van der Waals surface area contributed by atoms with Crippen molar-refractivity contribution in [2.45, 2.75) is 52.0 Å². The molecule has 2 atom stereocenters. The minimum absolute atomic E-state index is 0.0283. The molecule has 0 aromatic heterocycles. The van der Waals surface area contributed by atoms with E-state index in [1.807, 2.05) is 31.2 Å². The molecule has 2 N–H and O–H groups in total. The topological polar surface area (TPSA) is 86.7 Å². The zero-order chi connectivity index (χ0) is 19.1. The Bertz CT molecular complexity index is 659. The van der Waals surface area contributed by atoms with E-state index < -0.39 is 17.9 Å². The fourth-order valence-corrected chi connectivity index (χ4v) is 3.42. The van der Waals surface area contributed by atoms with Crippen LogP contribution in [0.25, 0.3) is 0 Å². The Morgan fingerprint density at radius 1 is 1.31 bits per heavy atom. The highest BCUT2D eigenvalue weighted by atomic mass is 16.4. The predicted octanol–water partition coefficient (Wildman–Crippen LogP) is 2.15. The maximum atomic E-state index is 12.6. The minimum atomic E-state index is -0.933. The van der Waals surface area contributed by atoms with Gasteiger partial charge < -0.3 is 15.3 Å². The van der Waals surface area contributed by atoms with Gasteiger partial charge in [-0.05, 0) is 38.2 Å². The van der Waals surface area contributed by atoms with E-state index in [4.69, 9.17) is 0 Å². The number of hydrogen-bond acceptors (Lipinski definition) is 3. The summed E-state index contributed by atoms with van der Waals surface area (Å²) < 4.78 is 0. The summed E-state index contributed by atoms with van der Waals surface area (Å²) in [6.07, 6.45) is 3.17. The first kappa shape index (κ1) is 19.9. The molecule has 0 saturated carbocycles. The SMILES string of the molecule is CCC(=O)N1CCCCC1C(=O)NCC(Cc1cccc(C)c1)C(=O)O. The summed E-state index contributed by atoms with van der Waals surface area (Å²) in [5, 5.41) is 12.3. The van der Waals surface area contributed by atoms with E-state index in [-0.39, 0.29) is 18.4 Å². The third kappa shape index (κ3) is 5.31. The van der Waals surface area contributed by atoms with E-state index in [1.54, 1.807) is 11.8 Å². The van der Waals surface area contributed by atoms with Crippen LogP contribution in [0.3, 0.4) is 0 Å². The zero-order valence-electron chi connectivity index (χ0n) is 15.5. The van der Waals surface area contributed by atoms with E-state index in [1.165, 1.54) is 0 Å². The zero-order valence-corrected chi connectivity index (χ0v) is 15.5. The average molecular weight is 360 g/mol. The lowest BCUT2D eigenvalue weighted by Gasteiger charge is -2.34. The number of benzene rings is 1. The number of aryl methyl sites for hydroxylation is 1. The van der Waals surface area contributed by atoms with Crippen LogP contribution < -0.4 is 5.32 Å². The Balaban J connectivity index is 1.97. The Kier molecular flexibility index (Phi) is 7.18. The number of nitrogens with one attached hydrogen (secondary N) is 1. The summed E-state index contributed by atoms with van der Waals surface area (Å²) in [5.41, 5.74) is 2.01. The van der Waals surface area contributed by atoms with Crippen LogP contribution in [0.4, 0.5) is 0 Å². The van der Waals surface area contributed by atoms with Crippen LogP contribution in [0, 0.1) is 12.8 Å². The number of hydrogen-bond donors (Lipinski definition) is 2. The van der Waals surface area contributed by atoms with Gasteiger partial charge >= 0.3 is 5.97 Å². The number of carboxylic acid groups (broad SMARTS) is 1. The van der Waals surface area contributed by atoms with Crippen molar-refractivity contribution in [2.24, 2.45) is 5.92 Å². The van der Waals surface area contributed by atoms with Crippen molar-refractivity contribution >= 4 is 17.8 Å². The van der Waals surface area contributed by atoms with Crippen molar-refractivity contribution in [1.82, 2.24) is 10.2 Å². The van der Waals surface area contributed by atoms with Gasteiger partial charge in [0.25, 0.3) is 0 Å². The summed E-state index contributed by atoms with van der Waals surface area (Å²) in [4.78, 5) is 37.8. The molecule has 1 aromatic carbocycles. The largest absolute Gasteiger partial charge is 0.481 e. The fourth-order valence-electron chi connectivity index (χ4n) is 3.42. The van der Waals surface area contributed by atoms with Gasteiger partial charge in [0, 0.05) is 19.5 Å². The summed E-state index contributed by atoms with van der Waals surface area (Å²) in [6.45, 7) is 4.40. The highest BCUT2D eigenvalue weighted by molar-refractivity contribution is 5.88. The van der Waals surface area contributed by atoms with Crippen LogP contribution in [0.5, 0.6) is 0 Å². The maximum Gasteiger partial charge on any atom is 0.308 e. The Hall–Kier alpha value is -2.37. The molecule has 26 heavy (non-hydrogen) atoms. The van der Waals surface area contributed by atoms with Gasteiger partial charge in [0.2, 0.25) is 11.8 Å². The number of likely N-dealkylation sites (tertiary alicyclic amines) is 1. The summed E-state index contributed by atoms with van der Waals surface area (Å²) in [7, 11) is 0. The first-order valence-corrected chi connectivity index (χ1v) is 9.28. The molecule has 1 saturated heterocycles. The van der Waals surface area contributed by atoms with E-state index in [0.717, 1.165) is 24.0 Å². The molecule has 0 bridgehead atoms. The number of rotatable bonds is 7. The number of aliphatic carboxylic acids is 1. The second-order valence-corrected chi connectivity index (χ2v) is 6.93. The first-order chi connectivity index (χ1) is 12.4. The maximum absolute atomic E-state index is 12.6. The molecule has 2 amide bonds. The Labute approximate surface area is 154 Å². The Morgan fingerprint density at radius 3 is 2.73 bits per heavy atom. The summed E-state index contributed by atoms with van der Waals surface area (Å²) >= 11 is 0. The van der Waals surface area contributed by atoms with Crippen LogP contribution in [0.2, 0.25) is 0 Å². The number of nitrogens with zero attached hydrogens (tertiary/aromatic N) is 1. The summed E-state index contributed by atoms with van der Waals surface area (Å²) in [5.74, 6) is -1.90. The van der Waals surface area contributed by atoms with Gasteiger partial charge in [-0.25, -0.2) is 0 Å². The van der Waals surface area contributed by atoms with Gasteiger partial charge in [0.1, 0.15) is 6.04 Å². The van der Waals surface area contributed by atoms with Crippen molar-refractivity contribution in [1.29, 1.82) is 0 Å². The van der Waals surface area contributed by atoms with Crippen LogP contribution in [0.1, 0.15) is 43.7 Å². The molecule has 1 aromatic rings. The van der Waals surface area contributed by atoms with Crippen molar-refractivity contribution in [3.05, 3.63) is 35.4 Å². The van der Waals surface area contributed by atoms with Gasteiger partial charge in [0.15, 0.2) is 0 Å². The molecule has 2 rings (SSSR count). The molecule has 0 aliphatic carbocycles. The fraction of sp³-hybridized carbons (Fsp3) is 0.550. The lowest BCUT2D eigenvalue weighted by atomic mass is 9.97. The second-order valence-electron chi connectivity index (χ2n) is 6.93. The first-order valence-electron chi connectivity index (χ1n) is 9.28. The second kappa shape index (κ2) is 9.36. The monoisotopic (exact) mass is 360 g/mol. The molecule has 6 nitrogen and oxygen atoms in total. The number of piperidine rings is 1. The number of amides is 2. The highest BCUT2D eigenvalue weighted by Crippen LogP contribution is 2.18. The Morgan fingerprint density at radius 2 is 2.08 bits per heavy atom. The summed E-state index contributed by atoms with van der Waals surface area (Å²) in [6, 6.07) is 7.24. The lowest BCUT2D eigenvalue weighted by molar-refractivity contribution is -0.144. The van der Waals surface area contributed by atoms with E-state index in [9.17, 15) is 19.5 Å². The van der Waals surface area contributed by atoms with Gasteiger partial charge in [-0.1, -0.05) is 36.8 Å². The molecule has 2 unspecified atom stereocenters. The average Bonchev–Trinajstić information content (AvgIpc) is 2.64. The van der Waals surface area contributed by atoms with Gasteiger partial charge in [0.05, 0.1) is 5.92 Å². The molecular formula is C20H28N2O4. The van der Waals surface area contributed by atoms with Crippen molar-refractivity contribution in [3.63, 3.8) is 0 Å². The molecule has 1 aliphatic heterocycles. The molecule has 142 valence electrons. The van der Waals surface area contributed by atoms with E-state index in [0.29, 0.717) is 25.8 Å². The van der Waals surface area contributed by atoms with Crippen molar-refractivity contribution in [2.75, 3.05) is 13.1 Å². The highest BCUT2D eigenvalue weighted by Gasteiger charge is 2.31. The molecule has 0 radical (unpaired) electrons. The lowest BCUT2D eigenvalue weighted by Crippen LogP contribution is -2.52. The standard InChI is InChI=1S/C20H28N2O4/c1-3-18(23)22-10-5-4-9-17(22)19(24)21-13-16(20(25)26)12-15-8-6-7-14(2)11-15/h6-8,11,16-17H,3-5,9-10,12-13H2,1-2H3,(H,21,24)(H,25,26). The number of carbonyl (C=O) groups excluding carboxylic acids is 2. The van der Waals surface area contributed by atoms with Crippen molar-refractivity contribution in [3.8, 4) is 0 Å². The predicted molar refractivity (Wildman–Crippen MR) is 98.7 cm³/mol. The van der Waals surface area contributed by atoms with Crippen LogP contribution in [-0.4, -0.2) is 46.9 Å². The molecule has 6 heteroatoms. The van der Waals surface area contributed by atoms with Gasteiger partial charge in [-0.2, -0.15) is 0 Å². The van der Waals surface area contributed by atoms with E-state index in [2.05, 4.69) is 5.32 Å². The van der Waals surface area contributed by atoms with Crippen LogP contribution in [-0.2, 0) is 20.8 Å². The normalized spacial score (nSPS) is 18.2.